The number of methoxy groups -OCH3 is 1. The van der Waals surface area contributed by atoms with E-state index in [1.807, 2.05) is 18.2 Å². The van der Waals surface area contributed by atoms with Crippen LogP contribution in [0, 0.1) is 18.8 Å². The van der Waals surface area contributed by atoms with Crippen LogP contribution in [-0.4, -0.2) is 19.6 Å². The summed E-state index contributed by atoms with van der Waals surface area (Å²) in [7, 11) is 1.42. The van der Waals surface area contributed by atoms with E-state index in [2.05, 4.69) is 19.2 Å². The molecule has 0 heterocycles. The van der Waals surface area contributed by atoms with Crippen molar-refractivity contribution < 1.29 is 9.53 Å². The summed E-state index contributed by atoms with van der Waals surface area (Å²) < 4.78 is 4.77. The monoisotopic (exact) mass is 275 g/mol. The number of anilines is 1. The first-order valence-corrected chi connectivity index (χ1v) is 7.53. The molecule has 3 nitrogen and oxygen atoms in total. The van der Waals surface area contributed by atoms with Gasteiger partial charge in [-0.2, -0.15) is 0 Å². The predicted octanol–water partition coefficient (Wildman–Crippen LogP) is 4.02. The van der Waals surface area contributed by atoms with Crippen molar-refractivity contribution in [3.63, 3.8) is 0 Å². The van der Waals surface area contributed by atoms with E-state index >= 15 is 0 Å². The van der Waals surface area contributed by atoms with Gasteiger partial charge in [0.15, 0.2) is 0 Å². The molecule has 3 heteroatoms. The first kappa shape index (κ1) is 14.9. The molecule has 0 aliphatic heterocycles. The molecule has 110 valence electrons. The molecule has 20 heavy (non-hydrogen) atoms. The van der Waals surface area contributed by atoms with Gasteiger partial charge in [-0.3, -0.25) is 0 Å². The first-order chi connectivity index (χ1) is 9.60. The summed E-state index contributed by atoms with van der Waals surface area (Å²) >= 11 is 0. The van der Waals surface area contributed by atoms with Crippen LogP contribution < -0.4 is 5.32 Å². The molecular weight excluding hydrogens is 250 g/mol. The van der Waals surface area contributed by atoms with Crippen LogP contribution in [0.4, 0.5) is 5.69 Å². The molecule has 0 amide bonds. The van der Waals surface area contributed by atoms with E-state index in [4.69, 9.17) is 4.74 Å². The number of benzene rings is 1. The summed E-state index contributed by atoms with van der Waals surface area (Å²) in [4.78, 5) is 11.6. The molecule has 2 rings (SSSR count). The minimum absolute atomic E-state index is 0.278. The summed E-state index contributed by atoms with van der Waals surface area (Å²) in [5, 5.41) is 3.51. The Morgan fingerprint density at radius 1 is 1.30 bits per heavy atom. The van der Waals surface area contributed by atoms with Crippen LogP contribution >= 0.6 is 0 Å². The van der Waals surface area contributed by atoms with E-state index in [0.717, 1.165) is 24.1 Å². The highest BCUT2D eigenvalue weighted by Crippen LogP contribution is 2.29. The van der Waals surface area contributed by atoms with Crippen molar-refractivity contribution in [3.8, 4) is 0 Å². The molecule has 0 atom stereocenters. The van der Waals surface area contributed by atoms with Crippen LogP contribution in [0.25, 0.3) is 0 Å². The summed E-state index contributed by atoms with van der Waals surface area (Å²) in [5.74, 6) is 1.36. The second-order valence-electron chi connectivity index (χ2n) is 6.03. The molecule has 1 aliphatic carbocycles. The zero-order chi connectivity index (χ0) is 14.5. The number of rotatable bonds is 4. The fourth-order valence-corrected chi connectivity index (χ4v) is 2.84. The molecule has 1 aromatic rings. The second kappa shape index (κ2) is 6.78. The quantitative estimate of drug-likeness (QED) is 0.843. The number of hydrogen-bond acceptors (Lipinski definition) is 3. The van der Waals surface area contributed by atoms with Crippen LogP contribution in [0.15, 0.2) is 18.2 Å². The minimum atomic E-state index is -0.278. The molecule has 1 aliphatic rings. The van der Waals surface area contributed by atoms with Gasteiger partial charge in [-0.1, -0.05) is 25.8 Å². The van der Waals surface area contributed by atoms with Crippen LogP contribution in [0.1, 0.15) is 48.5 Å². The third-order valence-corrected chi connectivity index (χ3v) is 4.38. The van der Waals surface area contributed by atoms with E-state index in [1.165, 1.54) is 38.4 Å². The molecule has 0 unspecified atom stereocenters. The number of nitrogens with one attached hydrogen (secondary N) is 1. The van der Waals surface area contributed by atoms with Gasteiger partial charge in [0.2, 0.25) is 0 Å². The van der Waals surface area contributed by atoms with Gasteiger partial charge < -0.3 is 10.1 Å². The van der Waals surface area contributed by atoms with E-state index in [-0.39, 0.29) is 5.97 Å². The Morgan fingerprint density at radius 3 is 2.65 bits per heavy atom. The average Bonchev–Trinajstić information content (AvgIpc) is 2.47. The van der Waals surface area contributed by atoms with Crippen molar-refractivity contribution in [3.05, 3.63) is 29.3 Å². The van der Waals surface area contributed by atoms with E-state index in [0.29, 0.717) is 5.56 Å². The molecule has 0 spiro atoms. The Kier molecular flexibility index (Phi) is 5.05. The van der Waals surface area contributed by atoms with E-state index in [9.17, 15) is 4.79 Å². The molecule has 0 saturated heterocycles. The van der Waals surface area contributed by atoms with Crippen LogP contribution in [0.3, 0.4) is 0 Å². The van der Waals surface area contributed by atoms with Gasteiger partial charge >= 0.3 is 5.97 Å². The Morgan fingerprint density at radius 2 is 2.00 bits per heavy atom. The fraction of sp³-hybridized carbons (Fsp3) is 0.588. The number of aryl methyl sites for hydroxylation is 1. The summed E-state index contributed by atoms with van der Waals surface area (Å²) in [6, 6.07) is 5.68. The maximum atomic E-state index is 11.6. The van der Waals surface area contributed by atoms with Gasteiger partial charge in [-0.25, -0.2) is 4.79 Å². The van der Waals surface area contributed by atoms with Crippen molar-refractivity contribution in [2.24, 2.45) is 11.8 Å². The lowest BCUT2D eigenvalue weighted by atomic mass is 9.83. The Labute approximate surface area is 121 Å². The standard InChI is InChI=1S/C17H25NO2/c1-12-4-7-14(8-5-12)11-18-16-10-15(17(19)20-3)9-6-13(16)2/h6,9-10,12,14,18H,4-5,7-8,11H2,1-3H3. The molecule has 0 bridgehead atoms. The number of ether oxygens (including phenoxy) is 1. The van der Waals surface area contributed by atoms with Crippen LogP contribution in [0.5, 0.6) is 0 Å². The molecule has 0 radical (unpaired) electrons. The third kappa shape index (κ3) is 3.75. The van der Waals surface area contributed by atoms with Gasteiger partial charge in [0, 0.05) is 12.2 Å². The third-order valence-electron chi connectivity index (χ3n) is 4.38. The smallest absolute Gasteiger partial charge is 0.337 e. The van der Waals surface area contributed by atoms with Crippen molar-refractivity contribution in [1.82, 2.24) is 0 Å². The molecule has 1 fully saturated rings. The van der Waals surface area contributed by atoms with Gasteiger partial charge in [0.1, 0.15) is 0 Å². The average molecular weight is 275 g/mol. The van der Waals surface area contributed by atoms with Crippen molar-refractivity contribution >= 4 is 11.7 Å². The van der Waals surface area contributed by atoms with Crippen molar-refractivity contribution in [1.29, 1.82) is 0 Å². The number of carbonyl (C=O) groups excluding carboxylic acids is 1. The topological polar surface area (TPSA) is 38.3 Å². The highest BCUT2D eigenvalue weighted by molar-refractivity contribution is 5.90. The lowest BCUT2D eigenvalue weighted by molar-refractivity contribution is 0.0601. The zero-order valence-corrected chi connectivity index (χ0v) is 12.7. The maximum absolute atomic E-state index is 11.6. The maximum Gasteiger partial charge on any atom is 0.337 e. The lowest BCUT2D eigenvalue weighted by Crippen LogP contribution is -2.20. The molecule has 0 aromatic heterocycles. The van der Waals surface area contributed by atoms with Gasteiger partial charge in [-0.05, 0) is 49.3 Å². The van der Waals surface area contributed by atoms with Crippen molar-refractivity contribution in [2.75, 3.05) is 19.0 Å². The number of hydrogen-bond donors (Lipinski definition) is 1. The number of esters is 1. The van der Waals surface area contributed by atoms with Crippen molar-refractivity contribution in [2.45, 2.75) is 39.5 Å². The summed E-state index contributed by atoms with van der Waals surface area (Å²) in [5.41, 5.74) is 2.83. The van der Waals surface area contributed by atoms with Gasteiger partial charge in [0.25, 0.3) is 0 Å². The minimum Gasteiger partial charge on any atom is -0.465 e. The molecule has 1 aromatic carbocycles. The molecular formula is C17H25NO2. The van der Waals surface area contributed by atoms with Crippen LogP contribution in [0.2, 0.25) is 0 Å². The molecule has 1 N–H and O–H groups in total. The Balaban J connectivity index is 1.96. The number of carbonyl (C=O) groups is 1. The van der Waals surface area contributed by atoms with E-state index < -0.39 is 0 Å². The Hall–Kier alpha value is -1.51. The highest BCUT2D eigenvalue weighted by Gasteiger charge is 2.18. The van der Waals surface area contributed by atoms with Gasteiger partial charge in [0.05, 0.1) is 12.7 Å². The molecule has 1 saturated carbocycles. The zero-order valence-electron chi connectivity index (χ0n) is 12.7. The Bertz CT molecular complexity index is 462. The SMILES string of the molecule is COC(=O)c1ccc(C)c(NCC2CCC(C)CC2)c1. The normalized spacial score (nSPS) is 22.4. The summed E-state index contributed by atoms with van der Waals surface area (Å²) in [6.07, 6.45) is 5.30. The van der Waals surface area contributed by atoms with Crippen LogP contribution in [-0.2, 0) is 4.74 Å². The second-order valence-corrected chi connectivity index (χ2v) is 6.03. The summed E-state index contributed by atoms with van der Waals surface area (Å²) in [6.45, 7) is 5.40. The lowest BCUT2D eigenvalue weighted by Gasteiger charge is -2.26. The van der Waals surface area contributed by atoms with E-state index in [1.54, 1.807) is 0 Å². The highest BCUT2D eigenvalue weighted by atomic mass is 16.5. The predicted molar refractivity (Wildman–Crippen MR) is 82.1 cm³/mol. The van der Waals surface area contributed by atoms with Gasteiger partial charge in [-0.15, -0.1) is 0 Å². The first-order valence-electron chi connectivity index (χ1n) is 7.53. The fourth-order valence-electron chi connectivity index (χ4n) is 2.84. The largest absolute Gasteiger partial charge is 0.465 e.